The van der Waals surface area contributed by atoms with E-state index in [1.165, 1.54) is 0 Å². The zero-order valence-electron chi connectivity index (χ0n) is 6.84. The molecule has 0 saturated carbocycles. The van der Waals surface area contributed by atoms with Crippen LogP contribution in [-0.2, 0) is 14.4 Å². The SMILES string of the molecule is O=C(O)CC(O)(CC(=O)O)C(=O)O.[Sm]. The van der Waals surface area contributed by atoms with Gasteiger partial charge in [-0.05, 0) is 0 Å². The fraction of sp³-hybridized carbons (Fsp3) is 0.500. The maximum atomic E-state index is 10.3. The summed E-state index contributed by atoms with van der Waals surface area (Å²) in [5.41, 5.74) is -2.74. The van der Waals surface area contributed by atoms with E-state index in [2.05, 4.69) is 0 Å². The molecular formula is C6H8O7Sm. The van der Waals surface area contributed by atoms with Crippen LogP contribution in [0.4, 0.5) is 0 Å². The molecule has 80 valence electrons. The molecule has 4 N–H and O–H groups in total. The van der Waals surface area contributed by atoms with Crippen LogP contribution >= 0.6 is 0 Å². The van der Waals surface area contributed by atoms with E-state index in [-0.39, 0.29) is 40.4 Å². The van der Waals surface area contributed by atoms with Gasteiger partial charge in [-0.25, -0.2) is 4.79 Å². The minimum atomic E-state index is -2.74. The minimum Gasteiger partial charge on any atom is -0.481 e. The van der Waals surface area contributed by atoms with Crippen LogP contribution in [-0.4, -0.2) is 43.9 Å². The summed E-state index contributed by atoms with van der Waals surface area (Å²) in [4.78, 5) is 30.5. The van der Waals surface area contributed by atoms with E-state index >= 15 is 0 Å². The van der Waals surface area contributed by atoms with Crippen LogP contribution in [0.2, 0.25) is 0 Å². The van der Waals surface area contributed by atoms with Gasteiger partial charge in [0.05, 0.1) is 12.8 Å². The molecule has 0 atom stereocenters. The second-order valence-corrected chi connectivity index (χ2v) is 2.48. The van der Waals surface area contributed by atoms with Gasteiger partial charge >= 0.3 is 17.9 Å². The molecule has 0 radical (unpaired) electrons. The standard InChI is InChI=1S/C6H8O7.Sm/c7-3(8)1-6(13,5(11)12)2-4(9)10;/h13H,1-2H2,(H,7,8)(H,9,10)(H,11,12);. The van der Waals surface area contributed by atoms with E-state index in [0.717, 1.165) is 0 Å². The molecule has 0 aliphatic rings. The Morgan fingerprint density at radius 2 is 1.21 bits per heavy atom. The summed E-state index contributed by atoms with van der Waals surface area (Å²) < 4.78 is 0. The third-order valence-electron chi connectivity index (χ3n) is 1.29. The molecule has 0 aliphatic carbocycles. The molecule has 0 unspecified atom stereocenters. The Kier molecular flexibility index (Phi) is 7.20. The van der Waals surface area contributed by atoms with Gasteiger partial charge < -0.3 is 20.4 Å². The molecule has 7 nitrogen and oxygen atoms in total. The van der Waals surface area contributed by atoms with Crippen molar-refractivity contribution in [2.24, 2.45) is 0 Å². The van der Waals surface area contributed by atoms with Crippen molar-refractivity contribution in [1.29, 1.82) is 0 Å². The molecule has 0 fully saturated rings. The van der Waals surface area contributed by atoms with Crippen molar-refractivity contribution >= 4 is 17.9 Å². The first kappa shape index (κ1) is 16.1. The summed E-state index contributed by atoms with van der Waals surface area (Å²) in [7, 11) is 0. The largest absolute Gasteiger partial charge is 0.481 e. The first-order valence-electron chi connectivity index (χ1n) is 3.17. The second kappa shape index (κ2) is 6.24. The van der Waals surface area contributed by atoms with E-state index in [4.69, 9.17) is 20.4 Å². The van der Waals surface area contributed by atoms with Crippen molar-refractivity contribution in [2.45, 2.75) is 18.4 Å². The average Bonchev–Trinajstić information content (AvgIpc) is 1.82. The molecule has 0 rings (SSSR count). The fourth-order valence-electron chi connectivity index (χ4n) is 0.714. The zero-order chi connectivity index (χ0) is 10.6. The minimum absolute atomic E-state index is 0. The number of carbonyl (C=O) groups is 3. The zero-order valence-corrected chi connectivity index (χ0v) is 9.46. The summed E-state index contributed by atoms with van der Waals surface area (Å²) in [5, 5.41) is 33.8. The molecular weight excluding hydrogens is 334 g/mol. The van der Waals surface area contributed by atoms with Gasteiger partial charge in [0, 0.05) is 40.4 Å². The van der Waals surface area contributed by atoms with E-state index in [1.54, 1.807) is 0 Å². The molecule has 0 saturated heterocycles. The Morgan fingerprint density at radius 3 is 1.36 bits per heavy atom. The number of rotatable bonds is 5. The number of carboxylic acid groups (broad SMARTS) is 3. The molecule has 0 aliphatic heterocycles. The quantitative estimate of drug-likeness (QED) is 0.491. The van der Waals surface area contributed by atoms with Crippen LogP contribution in [0.5, 0.6) is 0 Å². The van der Waals surface area contributed by atoms with Gasteiger partial charge in [-0.1, -0.05) is 0 Å². The van der Waals surface area contributed by atoms with Crippen LogP contribution in [0.1, 0.15) is 12.8 Å². The predicted octanol–water partition coefficient (Wildman–Crippen LogP) is -1.25. The van der Waals surface area contributed by atoms with Gasteiger partial charge in [0.2, 0.25) is 0 Å². The van der Waals surface area contributed by atoms with Crippen molar-refractivity contribution in [2.75, 3.05) is 0 Å². The van der Waals surface area contributed by atoms with Crippen LogP contribution in [0.3, 0.4) is 0 Å². The number of aliphatic hydroxyl groups is 1. The first-order valence-corrected chi connectivity index (χ1v) is 3.17. The smallest absolute Gasteiger partial charge is 0.336 e. The number of aliphatic carboxylic acids is 3. The Labute approximate surface area is 111 Å². The Balaban J connectivity index is 0. The van der Waals surface area contributed by atoms with E-state index in [9.17, 15) is 14.4 Å². The molecule has 0 aromatic carbocycles. The van der Waals surface area contributed by atoms with Gasteiger partial charge in [-0.2, -0.15) is 0 Å². The van der Waals surface area contributed by atoms with Crippen LogP contribution in [0.25, 0.3) is 0 Å². The van der Waals surface area contributed by atoms with E-state index in [1.807, 2.05) is 0 Å². The first-order chi connectivity index (χ1) is 5.78. The molecule has 0 bridgehead atoms. The van der Waals surface area contributed by atoms with Gasteiger partial charge in [0.1, 0.15) is 0 Å². The van der Waals surface area contributed by atoms with Gasteiger partial charge in [0.25, 0.3) is 0 Å². The van der Waals surface area contributed by atoms with Crippen molar-refractivity contribution < 1.29 is 75.2 Å². The van der Waals surface area contributed by atoms with Crippen LogP contribution in [0.15, 0.2) is 0 Å². The Hall–Kier alpha value is -0.292. The molecule has 0 heterocycles. The number of hydrogen-bond acceptors (Lipinski definition) is 4. The summed E-state index contributed by atoms with van der Waals surface area (Å²) in [5.74, 6) is -5.02. The predicted molar refractivity (Wildman–Crippen MR) is 37.1 cm³/mol. The maximum Gasteiger partial charge on any atom is 0.336 e. The Bertz CT molecular complexity index is 233. The van der Waals surface area contributed by atoms with Gasteiger partial charge in [-0.15, -0.1) is 0 Å². The van der Waals surface area contributed by atoms with Crippen LogP contribution < -0.4 is 0 Å². The number of hydrogen-bond donors (Lipinski definition) is 4. The van der Waals surface area contributed by atoms with E-state index in [0.29, 0.717) is 0 Å². The molecule has 8 heteroatoms. The van der Waals surface area contributed by atoms with Gasteiger partial charge in [-0.3, -0.25) is 9.59 Å². The monoisotopic (exact) mass is 344 g/mol. The normalized spacial score (nSPS) is 10.1. The Morgan fingerprint density at radius 1 is 0.929 bits per heavy atom. The summed E-state index contributed by atoms with van der Waals surface area (Å²) in [6.07, 6.45) is -2.29. The summed E-state index contributed by atoms with van der Waals surface area (Å²) >= 11 is 0. The van der Waals surface area contributed by atoms with Crippen molar-refractivity contribution in [1.82, 2.24) is 0 Å². The van der Waals surface area contributed by atoms with Crippen molar-refractivity contribution in [3.63, 3.8) is 0 Å². The van der Waals surface area contributed by atoms with Gasteiger partial charge in [0.15, 0.2) is 5.60 Å². The van der Waals surface area contributed by atoms with Crippen molar-refractivity contribution in [3.8, 4) is 0 Å². The van der Waals surface area contributed by atoms with Crippen LogP contribution in [0, 0.1) is 40.4 Å². The molecule has 0 aromatic heterocycles. The second-order valence-electron chi connectivity index (χ2n) is 2.48. The average molecular weight is 342 g/mol. The third kappa shape index (κ3) is 5.44. The maximum absolute atomic E-state index is 10.3. The topological polar surface area (TPSA) is 132 Å². The molecule has 0 aromatic rings. The van der Waals surface area contributed by atoms with Crippen molar-refractivity contribution in [3.05, 3.63) is 0 Å². The van der Waals surface area contributed by atoms with E-state index < -0.39 is 36.4 Å². The molecule has 0 spiro atoms. The third-order valence-corrected chi connectivity index (χ3v) is 1.29. The summed E-state index contributed by atoms with van der Waals surface area (Å²) in [6, 6.07) is 0. The number of carboxylic acids is 3. The molecule has 14 heavy (non-hydrogen) atoms. The fourth-order valence-corrected chi connectivity index (χ4v) is 0.714. The molecule has 0 amide bonds. The summed E-state index contributed by atoms with van der Waals surface area (Å²) in [6.45, 7) is 0.